The Labute approximate surface area is 443 Å². The van der Waals surface area contributed by atoms with E-state index >= 15 is 0 Å². The first kappa shape index (κ1) is 61.0. The monoisotopic (exact) mass is 1140 g/mol. The molecule has 0 atom stereocenters. The molecule has 377 valence electrons. The zero-order valence-electron chi connectivity index (χ0n) is 46.1. The van der Waals surface area contributed by atoms with E-state index < -0.39 is 31.7 Å². The topological polar surface area (TPSA) is 28.2 Å². The number of benzene rings is 4. The van der Waals surface area contributed by atoms with Crippen molar-refractivity contribution >= 4 is 89.8 Å². The van der Waals surface area contributed by atoms with E-state index in [0.717, 1.165) is 0 Å². The summed E-state index contributed by atoms with van der Waals surface area (Å²) < 4.78 is 0. The van der Waals surface area contributed by atoms with Gasteiger partial charge in [0.15, 0.2) is 0 Å². The molecule has 0 saturated heterocycles. The van der Waals surface area contributed by atoms with E-state index in [4.69, 9.17) is 10.6 Å². The summed E-state index contributed by atoms with van der Waals surface area (Å²) in [6.45, 7) is 57.5. The summed E-state index contributed by atoms with van der Waals surface area (Å²) in [6, 6.07) is 19.6. The summed E-state index contributed by atoms with van der Waals surface area (Å²) in [6.07, 6.45) is 0. The van der Waals surface area contributed by atoms with E-state index in [9.17, 15) is 0 Å². The Bertz CT molecular complexity index is 1970. The molecule has 0 N–H and O–H groups in total. The van der Waals surface area contributed by atoms with Gasteiger partial charge in [-0.3, -0.25) is 0 Å². The van der Waals surface area contributed by atoms with Crippen molar-refractivity contribution in [1.82, 2.24) is 0 Å². The minimum atomic E-state index is -0.728. The van der Waals surface area contributed by atoms with E-state index in [1.54, 1.807) is 21.2 Å². The molecule has 0 fully saturated rings. The summed E-state index contributed by atoms with van der Waals surface area (Å²) in [5.74, 6) is 0. The Morgan fingerprint density at radius 1 is 0.343 bits per heavy atom. The minimum Gasteiger partial charge on any atom is 1.00 e. The zero-order valence-corrected chi connectivity index (χ0v) is 53.7. The first-order chi connectivity index (χ1) is 30.5. The normalized spacial score (nSPS) is 14.6. The molecule has 2 nitrogen and oxygen atoms in total. The maximum absolute atomic E-state index is 5.61. The molecular formula is C58H92BrCoCuN2P4+4. The Morgan fingerprint density at radius 3 is 0.627 bits per heavy atom. The standard InChI is InChI=1S/2C29H44NP2.BrH.Co.Cu/c2*1-17(2)31(18(3)4)25-15-21(9)13-23-27(25)30-28-24(29(23,11)12)14-22(10)16-26(28)32(19(5)6)20(7)8;;;/h2*13-20H,1-12H3;1H;;/q2*-1;;+2;+1/p+3. The summed E-state index contributed by atoms with van der Waals surface area (Å²) in [4.78, 5) is 0. The van der Waals surface area contributed by atoms with Gasteiger partial charge in [-0.2, -0.15) is 0 Å². The number of hydrogen-bond donors (Lipinski definition) is 0. The van der Waals surface area contributed by atoms with Gasteiger partial charge >= 0.3 is 45.2 Å². The van der Waals surface area contributed by atoms with Crippen LogP contribution in [0.25, 0.3) is 10.6 Å². The van der Waals surface area contributed by atoms with E-state index in [1.165, 1.54) is 67.3 Å². The van der Waals surface area contributed by atoms with E-state index in [-0.39, 0.29) is 27.9 Å². The Hall–Kier alpha value is -0.294. The fourth-order valence-electron chi connectivity index (χ4n) is 12.1. The predicted octanol–water partition coefficient (Wildman–Crippen LogP) is 18.0. The van der Waals surface area contributed by atoms with Crippen LogP contribution in [0.3, 0.4) is 0 Å². The molecule has 0 saturated carbocycles. The fourth-order valence-corrected chi connectivity index (χ4v) is 25.8. The molecule has 4 aromatic carbocycles. The number of fused-ring (bicyclic) bond motifs is 4. The number of nitrogens with zero attached hydrogens (tertiary/aromatic N) is 2. The Kier molecular flexibility index (Phi) is 22.4. The number of aryl methyl sites for hydroxylation is 4. The van der Waals surface area contributed by atoms with Crippen molar-refractivity contribution in [3.8, 4) is 0 Å². The summed E-state index contributed by atoms with van der Waals surface area (Å²) in [7, 11) is -2.91. The number of halogens is 1. The van der Waals surface area contributed by atoms with Gasteiger partial charge in [-0.15, -0.1) is 0 Å². The van der Waals surface area contributed by atoms with Gasteiger partial charge in [0, 0.05) is 42.5 Å². The third-order valence-electron chi connectivity index (χ3n) is 14.4. The van der Waals surface area contributed by atoms with Crippen LogP contribution in [0.15, 0.2) is 48.5 Å². The second-order valence-corrected chi connectivity index (χ2v) is 38.4. The molecule has 0 aliphatic carbocycles. The Balaban J connectivity index is 0.000000338. The van der Waals surface area contributed by atoms with Crippen molar-refractivity contribution in [1.29, 1.82) is 0 Å². The molecule has 2 heterocycles. The van der Waals surface area contributed by atoms with E-state index in [2.05, 4.69) is 243 Å². The smallest absolute Gasteiger partial charge is 1.00 e. The van der Waals surface area contributed by atoms with E-state index in [1.807, 2.05) is 0 Å². The molecule has 0 spiro atoms. The third-order valence-corrected chi connectivity index (χ3v) is 28.3. The van der Waals surface area contributed by atoms with Crippen LogP contribution in [0.2, 0.25) is 0 Å². The van der Waals surface area contributed by atoms with Gasteiger partial charge < -0.3 is 10.6 Å². The fraction of sp³-hybridized carbons (Fsp3) is 0.586. The van der Waals surface area contributed by atoms with Crippen LogP contribution in [-0.2, 0) is 41.8 Å². The zero-order chi connectivity index (χ0) is 50.2. The maximum atomic E-state index is 5.61. The van der Waals surface area contributed by atoms with Crippen LogP contribution >= 0.6 is 45.9 Å². The van der Waals surface area contributed by atoms with Crippen molar-refractivity contribution in [2.24, 2.45) is 0 Å². The van der Waals surface area contributed by atoms with Gasteiger partial charge in [0.05, 0.1) is 66.5 Å². The second kappa shape index (κ2) is 24.6. The maximum Gasteiger partial charge on any atom is 1.00 e. The number of hydrogen-bond acceptors (Lipinski definition) is 0. The van der Waals surface area contributed by atoms with E-state index in [0.29, 0.717) is 45.3 Å². The molecule has 0 bridgehead atoms. The molecule has 6 rings (SSSR count). The number of rotatable bonds is 12. The molecule has 9 heteroatoms. The molecule has 0 aromatic heterocycles. The SMILES string of the molecule is Cc1cc([PH+](C(C)C)C(C)C)c2c(c1)C(C)(C)c1cc(C)cc([PH+](C(C)C)C(C)C)c1[N-]2.Cc1cc([PH+](C(C)C)C(C)C)c2c(c1)C(C)(C)c1cc(C)cc([PH+](C(C)C)C(C)C)c1[N-]2.[Co+][Br].[Cu+]. The van der Waals surface area contributed by atoms with Crippen molar-refractivity contribution in [2.75, 3.05) is 0 Å². The first-order valence-electron chi connectivity index (χ1n) is 25.2. The van der Waals surface area contributed by atoms with Gasteiger partial charge in [0.25, 0.3) is 0 Å². The van der Waals surface area contributed by atoms with Gasteiger partial charge in [0.1, 0.15) is 0 Å². The quantitative estimate of drug-likeness (QED) is 0.0999. The first-order valence-corrected chi connectivity index (χ1v) is 34.4. The molecule has 0 radical (unpaired) electrons. The van der Waals surface area contributed by atoms with Crippen LogP contribution in [-0.4, -0.2) is 45.3 Å². The van der Waals surface area contributed by atoms with Crippen molar-refractivity contribution < 1.29 is 31.0 Å². The molecule has 0 unspecified atom stereocenters. The van der Waals surface area contributed by atoms with Crippen LogP contribution in [0, 0.1) is 27.7 Å². The van der Waals surface area contributed by atoms with Gasteiger partial charge in [-0.1, -0.05) is 74.7 Å². The van der Waals surface area contributed by atoms with Gasteiger partial charge in [0.2, 0.25) is 0 Å². The summed E-state index contributed by atoms with van der Waals surface area (Å²) in [5, 5.41) is 17.5. The van der Waals surface area contributed by atoms with Crippen molar-refractivity contribution in [3.05, 3.63) is 104 Å². The largest absolute Gasteiger partial charge is 1.00 e. The van der Waals surface area contributed by atoms with Crippen LogP contribution in [0.5, 0.6) is 0 Å². The molecule has 0 amide bonds. The third kappa shape index (κ3) is 12.9. The minimum absolute atomic E-state index is 0. The van der Waals surface area contributed by atoms with Crippen LogP contribution in [0.1, 0.15) is 183 Å². The van der Waals surface area contributed by atoms with Crippen molar-refractivity contribution in [2.45, 2.75) is 222 Å². The molecule has 67 heavy (non-hydrogen) atoms. The van der Waals surface area contributed by atoms with Gasteiger partial charge in [-0.25, -0.2) is 0 Å². The summed E-state index contributed by atoms with van der Waals surface area (Å²) in [5.41, 5.74) is 22.0. The average molecular weight is 1140 g/mol. The van der Waals surface area contributed by atoms with Crippen LogP contribution in [0.4, 0.5) is 22.7 Å². The van der Waals surface area contributed by atoms with Crippen molar-refractivity contribution in [3.63, 3.8) is 0 Å². The molecule has 4 aromatic rings. The molecule has 2 aliphatic heterocycles. The second-order valence-electron chi connectivity index (χ2n) is 23.4. The van der Waals surface area contributed by atoms with Crippen LogP contribution < -0.4 is 21.2 Å². The average Bonchev–Trinajstić information content (AvgIpc) is 3.17. The summed E-state index contributed by atoms with van der Waals surface area (Å²) >= 11 is 6.00. The predicted molar refractivity (Wildman–Crippen MR) is 316 cm³/mol. The molecule has 2 aliphatic rings. The van der Waals surface area contributed by atoms with Gasteiger partial charge in [-0.05, 0) is 207 Å². The Morgan fingerprint density at radius 2 is 0.493 bits per heavy atom. The molecular weight excluding hydrogens is 1050 g/mol.